The third-order valence-electron chi connectivity index (χ3n) is 5.79. The van der Waals surface area contributed by atoms with Crippen LogP contribution >= 0.6 is 22.9 Å². The summed E-state index contributed by atoms with van der Waals surface area (Å²) in [4.78, 5) is 39.4. The summed E-state index contributed by atoms with van der Waals surface area (Å²) in [6, 6.07) is 18.0. The van der Waals surface area contributed by atoms with Gasteiger partial charge in [-0.15, -0.1) is 0 Å². The fraction of sp³-hybridized carbons (Fsp3) is 0.200. The third-order valence-corrected chi connectivity index (χ3v) is 6.96. The van der Waals surface area contributed by atoms with Crippen LogP contribution < -0.4 is 20.1 Å². The molecule has 0 bridgehead atoms. The highest BCUT2D eigenvalue weighted by Gasteiger charge is 2.35. The standard InChI is InChI=1S/C22H20F3N3O3S.C8H7ClO2/c1-31-15-9-7-14(8-10-15)20(30)26-11-4-12-27-21-28-13-18(32-21)19(29)16-5-2-3-6-17(16)22(23,24)25;1-11-7-4-2-6(3-5-7)8(9)10/h2-3,5-10,13H,4,11-12H2,1H3,(H,26,30)(H,27,28);2-5H,1H3. The number of anilines is 1. The molecule has 4 rings (SSSR count). The van der Waals surface area contributed by atoms with Crippen molar-refractivity contribution in [2.75, 3.05) is 32.6 Å². The van der Waals surface area contributed by atoms with Crippen LogP contribution in [0.4, 0.5) is 18.3 Å². The highest BCUT2D eigenvalue weighted by molar-refractivity contribution is 7.17. The second-order valence-electron chi connectivity index (χ2n) is 8.67. The maximum atomic E-state index is 13.2. The molecule has 1 amide bonds. The van der Waals surface area contributed by atoms with E-state index in [2.05, 4.69) is 15.6 Å². The highest BCUT2D eigenvalue weighted by Crippen LogP contribution is 2.33. The number of methoxy groups -OCH3 is 2. The Morgan fingerprint density at radius 2 is 1.44 bits per heavy atom. The predicted molar refractivity (Wildman–Crippen MR) is 159 cm³/mol. The molecule has 13 heteroatoms. The molecule has 0 saturated heterocycles. The Kier molecular flexibility index (Phi) is 12.1. The zero-order chi connectivity index (χ0) is 31.4. The van der Waals surface area contributed by atoms with Gasteiger partial charge in [0.25, 0.3) is 11.1 Å². The maximum Gasteiger partial charge on any atom is 0.417 e. The minimum Gasteiger partial charge on any atom is -0.497 e. The van der Waals surface area contributed by atoms with E-state index in [1.54, 1.807) is 62.8 Å². The number of amides is 1. The van der Waals surface area contributed by atoms with Gasteiger partial charge < -0.3 is 20.1 Å². The van der Waals surface area contributed by atoms with Gasteiger partial charge in [-0.05, 0) is 72.6 Å². The lowest BCUT2D eigenvalue weighted by atomic mass is 10.0. The number of aromatic nitrogens is 1. The molecule has 0 unspecified atom stereocenters. The van der Waals surface area contributed by atoms with Gasteiger partial charge in [0.15, 0.2) is 5.13 Å². The van der Waals surface area contributed by atoms with Gasteiger partial charge in [0.2, 0.25) is 5.78 Å². The van der Waals surface area contributed by atoms with Gasteiger partial charge in [0.1, 0.15) is 11.5 Å². The molecule has 226 valence electrons. The van der Waals surface area contributed by atoms with Gasteiger partial charge in [-0.1, -0.05) is 29.5 Å². The van der Waals surface area contributed by atoms with E-state index >= 15 is 0 Å². The van der Waals surface area contributed by atoms with E-state index in [4.69, 9.17) is 21.1 Å². The molecule has 0 radical (unpaired) electrons. The number of benzene rings is 3. The van der Waals surface area contributed by atoms with Crippen molar-refractivity contribution in [3.8, 4) is 11.5 Å². The Labute approximate surface area is 254 Å². The van der Waals surface area contributed by atoms with Crippen LogP contribution in [0.25, 0.3) is 0 Å². The zero-order valence-electron chi connectivity index (χ0n) is 23.0. The molecule has 1 heterocycles. The topological polar surface area (TPSA) is 107 Å². The number of hydrogen-bond acceptors (Lipinski definition) is 8. The van der Waals surface area contributed by atoms with Crippen molar-refractivity contribution in [2.45, 2.75) is 12.6 Å². The van der Waals surface area contributed by atoms with E-state index in [0.717, 1.165) is 23.5 Å². The Morgan fingerprint density at radius 1 is 0.860 bits per heavy atom. The third kappa shape index (κ3) is 9.83. The van der Waals surface area contributed by atoms with Crippen LogP contribution in [0.1, 0.15) is 47.9 Å². The van der Waals surface area contributed by atoms with Crippen molar-refractivity contribution >= 4 is 45.0 Å². The van der Waals surface area contributed by atoms with Crippen molar-refractivity contribution in [3.63, 3.8) is 0 Å². The van der Waals surface area contributed by atoms with Crippen LogP contribution in [0.5, 0.6) is 11.5 Å². The summed E-state index contributed by atoms with van der Waals surface area (Å²) in [6.07, 6.45) is -2.77. The summed E-state index contributed by atoms with van der Waals surface area (Å²) in [5.74, 6) is 0.439. The fourth-order valence-electron chi connectivity index (χ4n) is 3.57. The number of ether oxygens (including phenoxy) is 2. The molecule has 0 fully saturated rings. The Morgan fingerprint density at radius 3 is 2.00 bits per heavy atom. The minimum atomic E-state index is -4.62. The first-order valence-electron chi connectivity index (χ1n) is 12.7. The van der Waals surface area contributed by atoms with E-state index in [9.17, 15) is 27.6 Å². The molecule has 4 aromatic rings. The SMILES string of the molecule is COc1ccc(C(=O)Cl)cc1.COc1ccc(C(=O)NCCCNc2ncc(C(=O)c3ccccc3C(F)(F)F)s2)cc1. The number of carbonyl (C=O) groups excluding carboxylic acids is 3. The number of carbonyl (C=O) groups is 3. The maximum absolute atomic E-state index is 13.2. The van der Waals surface area contributed by atoms with Crippen molar-refractivity contribution in [3.05, 3.63) is 106 Å². The van der Waals surface area contributed by atoms with Crippen molar-refractivity contribution in [1.82, 2.24) is 10.3 Å². The average molecular weight is 634 g/mol. The van der Waals surface area contributed by atoms with E-state index in [1.165, 1.54) is 18.3 Å². The lowest BCUT2D eigenvalue weighted by Crippen LogP contribution is -2.25. The first-order chi connectivity index (χ1) is 20.5. The highest BCUT2D eigenvalue weighted by atomic mass is 35.5. The van der Waals surface area contributed by atoms with Crippen molar-refractivity contribution < 1.29 is 37.0 Å². The van der Waals surface area contributed by atoms with Crippen molar-refractivity contribution in [2.24, 2.45) is 0 Å². The number of alkyl halides is 3. The molecule has 0 atom stereocenters. The second kappa shape index (κ2) is 15.7. The Hall–Kier alpha value is -4.42. The van der Waals surface area contributed by atoms with Crippen LogP contribution in [0.15, 0.2) is 79.0 Å². The molecule has 2 N–H and O–H groups in total. The molecular formula is C30H27ClF3N3O5S. The number of rotatable bonds is 11. The monoisotopic (exact) mass is 633 g/mol. The Bertz CT molecular complexity index is 1530. The first kappa shape index (κ1) is 33.1. The molecule has 0 spiro atoms. The number of halogens is 4. The largest absolute Gasteiger partial charge is 0.497 e. The number of nitrogens with zero attached hydrogens (tertiary/aromatic N) is 1. The molecule has 0 aliphatic carbocycles. The summed E-state index contributed by atoms with van der Waals surface area (Å²) < 4.78 is 49.4. The van der Waals surface area contributed by atoms with Gasteiger partial charge in [-0.3, -0.25) is 14.4 Å². The summed E-state index contributed by atoms with van der Waals surface area (Å²) >= 11 is 6.20. The summed E-state index contributed by atoms with van der Waals surface area (Å²) in [5.41, 5.74) is -0.384. The Balaban J connectivity index is 0.000000386. The van der Waals surface area contributed by atoms with Gasteiger partial charge >= 0.3 is 6.18 Å². The van der Waals surface area contributed by atoms with E-state index in [0.29, 0.717) is 47.3 Å². The van der Waals surface area contributed by atoms with Crippen LogP contribution in [-0.4, -0.2) is 49.2 Å². The lowest BCUT2D eigenvalue weighted by Gasteiger charge is -2.10. The average Bonchev–Trinajstić information content (AvgIpc) is 3.49. The molecule has 8 nitrogen and oxygen atoms in total. The molecule has 0 saturated carbocycles. The smallest absolute Gasteiger partial charge is 0.417 e. The quantitative estimate of drug-likeness (QED) is 0.107. The second-order valence-corrected chi connectivity index (χ2v) is 10.0. The molecule has 3 aromatic carbocycles. The first-order valence-corrected chi connectivity index (χ1v) is 13.9. The van der Waals surface area contributed by atoms with E-state index in [1.807, 2.05) is 0 Å². The van der Waals surface area contributed by atoms with E-state index < -0.39 is 28.3 Å². The molecular weight excluding hydrogens is 607 g/mol. The minimum absolute atomic E-state index is 0.108. The molecule has 0 aliphatic rings. The van der Waals surface area contributed by atoms with Crippen molar-refractivity contribution in [1.29, 1.82) is 0 Å². The molecule has 0 aliphatic heterocycles. The lowest BCUT2D eigenvalue weighted by molar-refractivity contribution is -0.137. The van der Waals surface area contributed by atoms with Crippen LogP contribution in [0.2, 0.25) is 0 Å². The molecule has 43 heavy (non-hydrogen) atoms. The molecule has 1 aromatic heterocycles. The van der Waals surface area contributed by atoms with Gasteiger partial charge in [0.05, 0.1) is 30.9 Å². The number of nitrogens with one attached hydrogen (secondary N) is 2. The summed E-state index contributed by atoms with van der Waals surface area (Å²) in [5, 5.41) is 5.77. The number of thiazole rings is 1. The zero-order valence-corrected chi connectivity index (χ0v) is 24.6. The number of hydrogen-bond donors (Lipinski definition) is 2. The number of ketones is 1. The van der Waals surface area contributed by atoms with Crippen LogP contribution in [0.3, 0.4) is 0 Å². The van der Waals surface area contributed by atoms with Gasteiger partial charge in [-0.25, -0.2) is 4.98 Å². The predicted octanol–water partition coefficient (Wildman–Crippen LogP) is 6.71. The fourth-order valence-corrected chi connectivity index (χ4v) is 4.50. The van der Waals surface area contributed by atoms with E-state index in [-0.39, 0.29) is 10.8 Å². The summed E-state index contributed by atoms with van der Waals surface area (Å²) in [7, 11) is 3.11. The van der Waals surface area contributed by atoms with Crippen LogP contribution in [0, 0.1) is 0 Å². The van der Waals surface area contributed by atoms with Crippen LogP contribution in [-0.2, 0) is 6.18 Å². The normalized spacial score (nSPS) is 10.7. The summed E-state index contributed by atoms with van der Waals surface area (Å²) in [6.45, 7) is 0.872. The van der Waals surface area contributed by atoms with Gasteiger partial charge in [-0.2, -0.15) is 13.2 Å². The van der Waals surface area contributed by atoms with Gasteiger partial charge in [0, 0.05) is 29.8 Å².